The van der Waals surface area contributed by atoms with Crippen LogP contribution < -0.4 is 5.56 Å². The van der Waals surface area contributed by atoms with Crippen LogP contribution in [0, 0.1) is 0 Å². The highest BCUT2D eigenvalue weighted by molar-refractivity contribution is 5.88. The highest BCUT2D eigenvalue weighted by Gasteiger charge is 2.05. The highest BCUT2D eigenvalue weighted by atomic mass is 16.1. The molecule has 0 atom stereocenters. The van der Waals surface area contributed by atoms with Crippen LogP contribution in [0.2, 0.25) is 0 Å². The van der Waals surface area contributed by atoms with Crippen LogP contribution in [-0.4, -0.2) is 20.8 Å². The van der Waals surface area contributed by atoms with E-state index in [1.807, 2.05) is 30.3 Å². The molecular formula is C18H13N3O2. The van der Waals surface area contributed by atoms with Crippen molar-refractivity contribution in [2.45, 2.75) is 6.54 Å². The fraction of sp³-hybridized carbons (Fsp3) is 0.0556. The molecule has 0 unspecified atom stereocenters. The van der Waals surface area contributed by atoms with Crippen molar-refractivity contribution >= 4 is 28.0 Å². The van der Waals surface area contributed by atoms with Gasteiger partial charge < -0.3 is 9.55 Å². The fourth-order valence-electron chi connectivity index (χ4n) is 2.80. The minimum absolute atomic E-state index is 0.0595. The molecule has 0 amide bonds. The molecule has 5 nitrogen and oxygen atoms in total. The lowest BCUT2D eigenvalue weighted by atomic mass is 10.1. The third kappa shape index (κ3) is 2.32. The number of pyridine rings is 2. The number of rotatable bonds is 3. The van der Waals surface area contributed by atoms with Gasteiger partial charge in [-0.2, -0.15) is 0 Å². The first kappa shape index (κ1) is 13.5. The largest absolute Gasteiger partial charge is 0.352 e. The van der Waals surface area contributed by atoms with Gasteiger partial charge in [-0.15, -0.1) is 0 Å². The molecule has 3 aromatic heterocycles. The molecule has 4 rings (SSSR count). The Morgan fingerprint density at radius 1 is 1.13 bits per heavy atom. The van der Waals surface area contributed by atoms with Gasteiger partial charge in [0.1, 0.15) is 0 Å². The standard InChI is InChI=1S/C18H13N3O2/c22-11-15-8-14-2-1-12(7-17(14)20-15)10-21-6-4-13-3-5-19-9-16(13)18(21)23/h1-9,11,20H,10H2. The number of fused-ring (bicyclic) bond motifs is 2. The Balaban J connectivity index is 1.76. The molecule has 1 aromatic carbocycles. The zero-order valence-electron chi connectivity index (χ0n) is 12.2. The van der Waals surface area contributed by atoms with Gasteiger partial charge in [0.15, 0.2) is 6.29 Å². The first-order chi connectivity index (χ1) is 11.2. The van der Waals surface area contributed by atoms with Gasteiger partial charge in [0, 0.05) is 29.5 Å². The minimum Gasteiger partial charge on any atom is -0.352 e. The Labute approximate surface area is 131 Å². The molecule has 0 saturated carbocycles. The Kier molecular flexibility index (Phi) is 3.05. The molecule has 3 heterocycles. The summed E-state index contributed by atoms with van der Waals surface area (Å²) in [5.74, 6) is 0. The number of nitrogens with zero attached hydrogens (tertiary/aromatic N) is 2. The van der Waals surface area contributed by atoms with E-state index < -0.39 is 0 Å². The number of hydrogen-bond acceptors (Lipinski definition) is 3. The monoisotopic (exact) mass is 303 g/mol. The zero-order chi connectivity index (χ0) is 15.8. The highest BCUT2D eigenvalue weighted by Crippen LogP contribution is 2.17. The fourth-order valence-corrected chi connectivity index (χ4v) is 2.80. The summed E-state index contributed by atoms with van der Waals surface area (Å²) < 4.78 is 1.66. The van der Waals surface area contributed by atoms with E-state index in [0.717, 1.165) is 28.1 Å². The zero-order valence-corrected chi connectivity index (χ0v) is 12.2. The quantitative estimate of drug-likeness (QED) is 0.592. The lowest BCUT2D eigenvalue weighted by Crippen LogP contribution is -2.20. The smallest absolute Gasteiger partial charge is 0.260 e. The average molecular weight is 303 g/mol. The van der Waals surface area contributed by atoms with Crippen molar-refractivity contribution in [2.24, 2.45) is 0 Å². The lowest BCUT2D eigenvalue weighted by molar-refractivity contribution is 0.112. The molecule has 0 aliphatic carbocycles. The van der Waals surface area contributed by atoms with Crippen LogP contribution in [0.3, 0.4) is 0 Å². The molecule has 4 aromatic rings. The van der Waals surface area contributed by atoms with E-state index in [0.29, 0.717) is 17.6 Å². The summed E-state index contributed by atoms with van der Waals surface area (Å²) in [6.07, 6.45) is 5.86. The van der Waals surface area contributed by atoms with E-state index in [4.69, 9.17) is 0 Å². The van der Waals surface area contributed by atoms with Gasteiger partial charge in [0.05, 0.1) is 17.6 Å². The molecule has 23 heavy (non-hydrogen) atoms. The van der Waals surface area contributed by atoms with Crippen molar-refractivity contribution in [1.82, 2.24) is 14.5 Å². The molecule has 5 heteroatoms. The number of H-pyrrole nitrogens is 1. The Morgan fingerprint density at radius 2 is 2.04 bits per heavy atom. The number of aldehydes is 1. The maximum atomic E-state index is 12.5. The van der Waals surface area contributed by atoms with Crippen LogP contribution in [0.25, 0.3) is 21.7 Å². The second kappa shape index (κ2) is 5.21. The molecule has 0 aliphatic heterocycles. The minimum atomic E-state index is -0.0595. The van der Waals surface area contributed by atoms with Gasteiger partial charge in [0.2, 0.25) is 0 Å². The third-order valence-electron chi connectivity index (χ3n) is 3.97. The number of hydrogen-bond donors (Lipinski definition) is 1. The predicted octanol–water partition coefficient (Wildman–Crippen LogP) is 2.74. The molecule has 1 N–H and O–H groups in total. The van der Waals surface area contributed by atoms with Crippen LogP contribution in [-0.2, 0) is 6.54 Å². The van der Waals surface area contributed by atoms with Gasteiger partial charge in [-0.05, 0) is 35.2 Å². The second-order valence-electron chi connectivity index (χ2n) is 5.48. The summed E-state index contributed by atoms with van der Waals surface area (Å²) in [4.78, 5) is 30.4. The van der Waals surface area contributed by atoms with E-state index in [1.165, 1.54) is 0 Å². The van der Waals surface area contributed by atoms with Crippen LogP contribution in [0.1, 0.15) is 16.1 Å². The summed E-state index contributed by atoms with van der Waals surface area (Å²) in [5, 5.41) is 2.47. The van der Waals surface area contributed by atoms with Gasteiger partial charge in [-0.3, -0.25) is 14.6 Å². The Morgan fingerprint density at radius 3 is 2.91 bits per heavy atom. The van der Waals surface area contributed by atoms with Crippen molar-refractivity contribution in [3.8, 4) is 0 Å². The van der Waals surface area contributed by atoms with E-state index in [9.17, 15) is 9.59 Å². The summed E-state index contributed by atoms with van der Waals surface area (Å²) >= 11 is 0. The summed E-state index contributed by atoms with van der Waals surface area (Å²) in [7, 11) is 0. The van der Waals surface area contributed by atoms with Crippen LogP contribution in [0.15, 0.2) is 59.8 Å². The van der Waals surface area contributed by atoms with Crippen LogP contribution in [0.5, 0.6) is 0 Å². The van der Waals surface area contributed by atoms with Crippen molar-refractivity contribution < 1.29 is 4.79 Å². The van der Waals surface area contributed by atoms with Crippen molar-refractivity contribution in [1.29, 1.82) is 0 Å². The molecule has 0 spiro atoms. The molecule has 0 fully saturated rings. The maximum absolute atomic E-state index is 12.5. The number of aromatic amines is 1. The first-order valence-corrected chi connectivity index (χ1v) is 7.24. The Hall–Kier alpha value is -3.21. The molecular weight excluding hydrogens is 290 g/mol. The molecule has 0 bridgehead atoms. The number of benzene rings is 1. The maximum Gasteiger partial charge on any atom is 0.260 e. The van der Waals surface area contributed by atoms with Gasteiger partial charge in [-0.25, -0.2) is 0 Å². The number of carbonyl (C=O) groups is 1. The summed E-state index contributed by atoms with van der Waals surface area (Å²) in [6.45, 7) is 0.467. The van der Waals surface area contributed by atoms with E-state index >= 15 is 0 Å². The summed E-state index contributed by atoms with van der Waals surface area (Å²) in [5.41, 5.74) is 2.36. The van der Waals surface area contributed by atoms with Crippen LogP contribution >= 0.6 is 0 Å². The van der Waals surface area contributed by atoms with Gasteiger partial charge in [0.25, 0.3) is 5.56 Å². The molecule has 0 saturated heterocycles. The van der Waals surface area contributed by atoms with E-state index in [1.54, 1.807) is 29.2 Å². The average Bonchev–Trinajstić information content (AvgIpc) is 3.00. The molecule has 0 aliphatic rings. The van der Waals surface area contributed by atoms with Crippen molar-refractivity contribution in [3.63, 3.8) is 0 Å². The normalized spacial score (nSPS) is 11.1. The predicted molar refractivity (Wildman–Crippen MR) is 88.8 cm³/mol. The first-order valence-electron chi connectivity index (χ1n) is 7.24. The Bertz CT molecular complexity index is 1090. The number of carbonyl (C=O) groups excluding carboxylic acids is 1. The topological polar surface area (TPSA) is 67.8 Å². The number of nitrogens with one attached hydrogen (secondary N) is 1. The number of aromatic nitrogens is 3. The molecule has 112 valence electrons. The van der Waals surface area contributed by atoms with Crippen molar-refractivity contribution in [3.05, 3.63) is 76.6 Å². The van der Waals surface area contributed by atoms with Gasteiger partial charge >= 0.3 is 0 Å². The third-order valence-corrected chi connectivity index (χ3v) is 3.97. The SMILES string of the molecule is O=Cc1cc2ccc(Cn3ccc4ccncc4c3=O)cc2[nH]1. The van der Waals surface area contributed by atoms with Gasteiger partial charge in [-0.1, -0.05) is 12.1 Å². The van der Waals surface area contributed by atoms with Crippen LogP contribution in [0.4, 0.5) is 0 Å². The van der Waals surface area contributed by atoms with E-state index in [-0.39, 0.29) is 5.56 Å². The molecule has 0 radical (unpaired) electrons. The van der Waals surface area contributed by atoms with Crippen molar-refractivity contribution in [2.75, 3.05) is 0 Å². The lowest BCUT2D eigenvalue weighted by Gasteiger charge is -2.07. The second-order valence-corrected chi connectivity index (χ2v) is 5.48. The van der Waals surface area contributed by atoms with E-state index in [2.05, 4.69) is 9.97 Å². The summed E-state index contributed by atoms with van der Waals surface area (Å²) in [6, 6.07) is 11.4.